The number of carbonyl (C=O) groups excluding carboxylic acids is 1. The van der Waals surface area contributed by atoms with E-state index in [1.807, 2.05) is 20.8 Å². The zero-order valence-electron chi connectivity index (χ0n) is 11.3. The first-order chi connectivity index (χ1) is 7.43. The van der Waals surface area contributed by atoms with Crippen molar-refractivity contribution in [1.29, 1.82) is 0 Å². The average Bonchev–Trinajstić information content (AvgIpc) is 2.10. The van der Waals surface area contributed by atoms with E-state index in [-0.39, 0.29) is 23.1 Å². The van der Waals surface area contributed by atoms with E-state index in [2.05, 4.69) is 5.32 Å². The van der Waals surface area contributed by atoms with Gasteiger partial charge in [-0.05, 0) is 18.8 Å². The molecule has 0 radical (unpaired) electrons. The monoisotopic (exact) mass is 264 g/mol. The Morgan fingerprint density at radius 3 is 2.18 bits per heavy atom. The van der Waals surface area contributed by atoms with E-state index >= 15 is 0 Å². The topological polar surface area (TPSA) is 89.3 Å². The fourth-order valence-electron chi connectivity index (χ4n) is 1.19. The van der Waals surface area contributed by atoms with Crippen molar-refractivity contribution >= 4 is 15.7 Å². The summed E-state index contributed by atoms with van der Waals surface area (Å²) in [6, 6.07) is -0.784. The maximum atomic E-state index is 11.7. The molecule has 0 aliphatic heterocycles. The number of nitrogens with one attached hydrogen (secondary N) is 1. The quantitative estimate of drug-likeness (QED) is 0.747. The summed E-state index contributed by atoms with van der Waals surface area (Å²) in [5.41, 5.74) is 5.49. The van der Waals surface area contributed by atoms with Crippen LogP contribution in [-0.4, -0.2) is 38.4 Å². The van der Waals surface area contributed by atoms with Gasteiger partial charge in [-0.3, -0.25) is 4.79 Å². The molecule has 0 aromatic rings. The lowest BCUT2D eigenvalue weighted by Crippen LogP contribution is -2.51. The summed E-state index contributed by atoms with van der Waals surface area (Å²) in [7, 11) is -2.99. The Kier molecular flexibility index (Phi) is 5.61. The lowest BCUT2D eigenvalue weighted by Gasteiger charge is -2.27. The van der Waals surface area contributed by atoms with Crippen molar-refractivity contribution in [2.75, 3.05) is 12.0 Å². The summed E-state index contributed by atoms with van der Waals surface area (Å²) in [6.45, 7) is 7.44. The highest BCUT2D eigenvalue weighted by Gasteiger charge is 2.28. The van der Waals surface area contributed by atoms with E-state index in [9.17, 15) is 13.2 Å². The van der Waals surface area contributed by atoms with Crippen LogP contribution >= 0.6 is 0 Å². The van der Waals surface area contributed by atoms with Gasteiger partial charge in [0, 0.05) is 12.3 Å². The molecule has 0 spiro atoms. The van der Waals surface area contributed by atoms with Gasteiger partial charge in [0.15, 0.2) is 0 Å². The molecule has 0 saturated carbocycles. The smallest absolute Gasteiger partial charge is 0.237 e. The van der Waals surface area contributed by atoms with Gasteiger partial charge in [-0.2, -0.15) is 0 Å². The summed E-state index contributed by atoms with van der Waals surface area (Å²) >= 11 is 0. The number of nitrogens with two attached hydrogens (primary N) is 1. The molecule has 0 heterocycles. The van der Waals surface area contributed by atoms with Crippen LogP contribution in [0.5, 0.6) is 0 Å². The first-order valence-electron chi connectivity index (χ1n) is 5.67. The minimum atomic E-state index is -2.99. The minimum Gasteiger partial charge on any atom is -0.352 e. The van der Waals surface area contributed by atoms with Crippen molar-refractivity contribution in [3.05, 3.63) is 0 Å². The van der Waals surface area contributed by atoms with E-state index in [1.54, 1.807) is 6.92 Å². The van der Waals surface area contributed by atoms with Gasteiger partial charge in [0.25, 0.3) is 0 Å². The van der Waals surface area contributed by atoms with Crippen LogP contribution < -0.4 is 11.1 Å². The molecule has 0 bridgehead atoms. The molecule has 0 rings (SSSR count). The highest BCUT2D eigenvalue weighted by atomic mass is 32.2. The Hall–Kier alpha value is -0.620. The molecule has 0 aromatic heterocycles. The number of amides is 1. The zero-order chi connectivity index (χ0) is 13.9. The molecule has 0 saturated heterocycles. The molecule has 5 nitrogen and oxygen atoms in total. The van der Waals surface area contributed by atoms with E-state index < -0.39 is 15.9 Å². The van der Waals surface area contributed by atoms with Crippen molar-refractivity contribution in [2.45, 2.75) is 46.2 Å². The predicted molar refractivity (Wildman–Crippen MR) is 69.4 cm³/mol. The van der Waals surface area contributed by atoms with Crippen molar-refractivity contribution in [3.63, 3.8) is 0 Å². The van der Waals surface area contributed by atoms with Crippen LogP contribution in [-0.2, 0) is 14.6 Å². The van der Waals surface area contributed by atoms with E-state index in [0.717, 1.165) is 0 Å². The van der Waals surface area contributed by atoms with Gasteiger partial charge < -0.3 is 11.1 Å². The first-order valence-corrected chi connectivity index (χ1v) is 7.73. The van der Waals surface area contributed by atoms with E-state index in [1.165, 1.54) is 6.26 Å². The Morgan fingerprint density at radius 1 is 1.35 bits per heavy atom. The summed E-state index contributed by atoms with van der Waals surface area (Å²) in [4.78, 5) is 11.7. The molecule has 1 unspecified atom stereocenters. The fraction of sp³-hybridized carbons (Fsp3) is 0.909. The van der Waals surface area contributed by atoms with E-state index in [4.69, 9.17) is 5.73 Å². The second kappa shape index (κ2) is 5.82. The Balaban J connectivity index is 4.22. The molecule has 2 atom stereocenters. The normalized spacial score (nSPS) is 16.4. The zero-order valence-corrected chi connectivity index (χ0v) is 12.1. The van der Waals surface area contributed by atoms with Gasteiger partial charge in [0.2, 0.25) is 5.91 Å². The second-order valence-electron chi connectivity index (χ2n) is 5.67. The van der Waals surface area contributed by atoms with Crippen LogP contribution in [0.15, 0.2) is 0 Å². The Labute approximate surface area is 104 Å². The largest absolute Gasteiger partial charge is 0.352 e. The molecule has 17 heavy (non-hydrogen) atoms. The van der Waals surface area contributed by atoms with Crippen LogP contribution in [0.3, 0.4) is 0 Å². The van der Waals surface area contributed by atoms with Gasteiger partial charge in [0.1, 0.15) is 9.84 Å². The molecule has 0 aliphatic rings. The number of sulfone groups is 1. The third-order valence-electron chi connectivity index (χ3n) is 2.53. The van der Waals surface area contributed by atoms with Gasteiger partial charge in [-0.15, -0.1) is 0 Å². The lowest BCUT2D eigenvalue weighted by molar-refractivity contribution is -0.125. The number of rotatable bonds is 5. The third-order valence-corrected chi connectivity index (χ3v) is 3.50. The molecule has 6 heteroatoms. The number of carbonyl (C=O) groups is 1. The molecular weight excluding hydrogens is 240 g/mol. The van der Waals surface area contributed by atoms with Crippen molar-refractivity contribution in [1.82, 2.24) is 5.32 Å². The van der Waals surface area contributed by atoms with Crippen molar-refractivity contribution in [2.24, 2.45) is 11.1 Å². The number of hydrogen-bond donors (Lipinski definition) is 2. The highest BCUT2D eigenvalue weighted by Crippen LogP contribution is 2.17. The maximum absolute atomic E-state index is 11.7. The van der Waals surface area contributed by atoms with Crippen molar-refractivity contribution < 1.29 is 13.2 Å². The van der Waals surface area contributed by atoms with Crippen LogP contribution in [0.1, 0.15) is 34.1 Å². The highest BCUT2D eigenvalue weighted by molar-refractivity contribution is 7.90. The van der Waals surface area contributed by atoms with Gasteiger partial charge in [0.05, 0.1) is 11.8 Å². The van der Waals surface area contributed by atoms with Crippen LogP contribution in [0.25, 0.3) is 0 Å². The van der Waals surface area contributed by atoms with Gasteiger partial charge in [-0.25, -0.2) is 8.42 Å². The van der Waals surface area contributed by atoms with Gasteiger partial charge in [-0.1, -0.05) is 20.8 Å². The maximum Gasteiger partial charge on any atom is 0.237 e. The average molecular weight is 264 g/mol. The SMILES string of the molecule is CC(CCS(C)(=O)=O)NC(=O)[C@@H](N)C(C)(C)C. The second-order valence-corrected chi connectivity index (χ2v) is 7.93. The Morgan fingerprint density at radius 2 is 1.82 bits per heavy atom. The molecule has 0 aromatic carbocycles. The number of hydrogen-bond acceptors (Lipinski definition) is 4. The third kappa shape index (κ3) is 7.33. The molecule has 3 N–H and O–H groups in total. The summed E-state index contributed by atoms with van der Waals surface area (Å²) < 4.78 is 22.0. The fourth-order valence-corrected chi connectivity index (χ4v) is 1.97. The molecule has 0 fully saturated rings. The summed E-state index contributed by atoms with van der Waals surface area (Å²) in [5.74, 6) is -0.169. The lowest BCUT2D eigenvalue weighted by atomic mass is 9.87. The summed E-state index contributed by atoms with van der Waals surface area (Å²) in [6.07, 6.45) is 1.59. The molecule has 102 valence electrons. The van der Waals surface area contributed by atoms with Crippen LogP contribution in [0.2, 0.25) is 0 Å². The standard InChI is InChI=1S/C11H24N2O3S/c1-8(6-7-17(5,15)16)13-10(14)9(12)11(2,3)4/h8-9H,6-7,12H2,1-5H3,(H,13,14)/t8?,9-/m1/s1. The minimum absolute atomic E-state index is 0.0687. The van der Waals surface area contributed by atoms with Gasteiger partial charge >= 0.3 is 0 Å². The molecular formula is C11H24N2O3S. The van der Waals surface area contributed by atoms with Crippen molar-refractivity contribution in [3.8, 4) is 0 Å². The summed E-state index contributed by atoms with van der Waals surface area (Å²) in [5, 5.41) is 2.73. The molecule has 0 aliphatic carbocycles. The molecule has 1 amide bonds. The van der Waals surface area contributed by atoms with E-state index in [0.29, 0.717) is 6.42 Å². The Bertz CT molecular complexity index is 357. The van der Waals surface area contributed by atoms with Crippen LogP contribution in [0, 0.1) is 5.41 Å². The van der Waals surface area contributed by atoms with Crippen LogP contribution in [0.4, 0.5) is 0 Å². The first kappa shape index (κ1) is 16.4. The predicted octanol–water partition coefficient (Wildman–Crippen LogP) is 0.299.